The second-order valence-electron chi connectivity index (χ2n) is 4.98. The van der Waals surface area contributed by atoms with Crippen LogP contribution in [0.3, 0.4) is 0 Å². The number of hydrogen-bond donors (Lipinski definition) is 0. The van der Waals surface area contributed by atoms with E-state index in [1.807, 2.05) is 0 Å². The second-order valence-corrected chi connectivity index (χ2v) is 4.98. The van der Waals surface area contributed by atoms with Gasteiger partial charge >= 0.3 is 0 Å². The first-order valence-corrected chi connectivity index (χ1v) is 6.75. The number of hydrogen-bond acceptors (Lipinski definition) is 2. The molecule has 2 amide bonds. The predicted molar refractivity (Wildman–Crippen MR) is 77.8 cm³/mol. The molecule has 1 saturated heterocycles. The van der Waals surface area contributed by atoms with E-state index in [4.69, 9.17) is 0 Å². The van der Waals surface area contributed by atoms with E-state index in [0.29, 0.717) is 5.69 Å². The van der Waals surface area contributed by atoms with Crippen LogP contribution in [0.5, 0.6) is 0 Å². The molecule has 3 nitrogen and oxygen atoms in total. The van der Waals surface area contributed by atoms with Gasteiger partial charge in [-0.1, -0.05) is 18.2 Å². The average Bonchev–Trinajstić information content (AvgIpc) is 2.83. The predicted octanol–water partition coefficient (Wildman–Crippen LogP) is 3.45. The first-order chi connectivity index (χ1) is 11.0. The third kappa shape index (κ3) is 2.63. The van der Waals surface area contributed by atoms with Gasteiger partial charge < -0.3 is 0 Å². The maximum absolute atomic E-state index is 13.7. The van der Waals surface area contributed by atoms with Gasteiger partial charge in [0.05, 0.1) is 12.1 Å². The average molecular weight is 317 g/mol. The van der Waals surface area contributed by atoms with Gasteiger partial charge in [0.2, 0.25) is 5.91 Å². The Kier molecular flexibility index (Phi) is 3.73. The molecular formula is C17H10F3NO2. The zero-order chi connectivity index (χ0) is 16.6. The van der Waals surface area contributed by atoms with Gasteiger partial charge in [0.15, 0.2) is 17.5 Å². The highest BCUT2D eigenvalue weighted by Gasteiger charge is 2.35. The number of rotatable bonds is 2. The molecule has 1 fully saturated rings. The number of amides is 2. The van der Waals surface area contributed by atoms with Gasteiger partial charge in [-0.3, -0.25) is 9.59 Å². The fraction of sp³-hybridized carbons (Fsp3) is 0.0588. The molecule has 23 heavy (non-hydrogen) atoms. The van der Waals surface area contributed by atoms with Crippen LogP contribution in [-0.4, -0.2) is 11.8 Å². The first kappa shape index (κ1) is 15.0. The van der Waals surface area contributed by atoms with E-state index in [9.17, 15) is 22.8 Å². The highest BCUT2D eigenvalue weighted by Crippen LogP contribution is 2.28. The van der Waals surface area contributed by atoms with E-state index >= 15 is 0 Å². The molecule has 2 aromatic carbocycles. The van der Waals surface area contributed by atoms with Crippen molar-refractivity contribution in [3.63, 3.8) is 0 Å². The SMILES string of the molecule is O=C1C/C(=C\c2ccc(F)c(F)c2F)C(=O)N1c1ccccc1. The summed E-state index contributed by atoms with van der Waals surface area (Å²) in [5, 5.41) is 0. The fourth-order valence-electron chi connectivity index (χ4n) is 2.37. The van der Waals surface area contributed by atoms with Crippen LogP contribution in [0.15, 0.2) is 48.0 Å². The van der Waals surface area contributed by atoms with Gasteiger partial charge in [-0.15, -0.1) is 0 Å². The van der Waals surface area contributed by atoms with Crippen molar-refractivity contribution in [3.05, 3.63) is 71.1 Å². The lowest BCUT2D eigenvalue weighted by molar-refractivity contribution is -0.120. The van der Waals surface area contributed by atoms with Crippen molar-refractivity contribution in [2.75, 3.05) is 4.90 Å². The van der Waals surface area contributed by atoms with E-state index in [1.54, 1.807) is 30.3 Å². The molecular weight excluding hydrogens is 307 g/mol. The largest absolute Gasteiger partial charge is 0.274 e. The van der Waals surface area contributed by atoms with Crippen molar-refractivity contribution >= 4 is 23.6 Å². The molecule has 1 heterocycles. The van der Waals surface area contributed by atoms with Crippen molar-refractivity contribution in [2.45, 2.75) is 6.42 Å². The van der Waals surface area contributed by atoms with E-state index in [-0.39, 0.29) is 17.6 Å². The standard InChI is InChI=1S/C17H10F3NO2/c18-13-7-6-10(15(19)16(13)20)8-11-9-14(22)21(17(11)23)12-4-2-1-3-5-12/h1-8H,9H2/b11-8+. The molecule has 0 unspecified atom stereocenters. The molecule has 0 atom stereocenters. The number of imide groups is 1. The van der Waals surface area contributed by atoms with Crippen LogP contribution in [0, 0.1) is 17.5 Å². The summed E-state index contributed by atoms with van der Waals surface area (Å²) in [6.07, 6.45) is 0.840. The number of carbonyl (C=O) groups excluding carboxylic acids is 2. The third-order valence-corrected chi connectivity index (χ3v) is 3.48. The van der Waals surface area contributed by atoms with E-state index in [1.165, 1.54) is 0 Å². The van der Waals surface area contributed by atoms with Crippen LogP contribution in [0.4, 0.5) is 18.9 Å². The monoisotopic (exact) mass is 317 g/mol. The number of para-hydroxylation sites is 1. The zero-order valence-electron chi connectivity index (χ0n) is 11.7. The summed E-state index contributed by atoms with van der Waals surface area (Å²) in [5.41, 5.74) is 0.135. The topological polar surface area (TPSA) is 37.4 Å². The van der Waals surface area contributed by atoms with Crippen molar-refractivity contribution in [1.82, 2.24) is 0 Å². The molecule has 6 heteroatoms. The van der Waals surface area contributed by atoms with Crippen LogP contribution < -0.4 is 4.90 Å². The summed E-state index contributed by atoms with van der Waals surface area (Å²) in [7, 11) is 0. The molecule has 0 aliphatic carbocycles. The molecule has 116 valence electrons. The van der Waals surface area contributed by atoms with Crippen LogP contribution >= 0.6 is 0 Å². The van der Waals surface area contributed by atoms with Crippen LogP contribution in [-0.2, 0) is 9.59 Å². The van der Waals surface area contributed by atoms with E-state index in [2.05, 4.69) is 0 Å². The summed E-state index contributed by atoms with van der Waals surface area (Å²) in [5.74, 6) is -5.39. The lowest BCUT2D eigenvalue weighted by Gasteiger charge is -2.12. The van der Waals surface area contributed by atoms with E-state index < -0.39 is 29.3 Å². The lowest BCUT2D eigenvalue weighted by atomic mass is 10.1. The minimum Gasteiger partial charge on any atom is -0.274 e. The molecule has 3 rings (SSSR count). The van der Waals surface area contributed by atoms with Crippen LogP contribution in [0.25, 0.3) is 6.08 Å². The quantitative estimate of drug-likeness (QED) is 0.483. The molecule has 0 aromatic heterocycles. The molecule has 0 spiro atoms. The first-order valence-electron chi connectivity index (χ1n) is 6.75. The lowest BCUT2D eigenvalue weighted by Crippen LogP contribution is -2.28. The van der Waals surface area contributed by atoms with Crippen molar-refractivity contribution in [2.24, 2.45) is 0 Å². The van der Waals surface area contributed by atoms with Gasteiger partial charge in [-0.05, 0) is 30.3 Å². The van der Waals surface area contributed by atoms with Gasteiger partial charge in [0.1, 0.15) is 0 Å². The molecule has 0 saturated carbocycles. The minimum absolute atomic E-state index is 0.0174. The Labute approximate surface area is 129 Å². The van der Waals surface area contributed by atoms with Crippen molar-refractivity contribution in [3.8, 4) is 0 Å². The molecule has 1 aliphatic heterocycles. The Bertz CT molecular complexity index is 831. The molecule has 1 aliphatic rings. The second kappa shape index (κ2) is 5.72. The van der Waals surface area contributed by atoms with Gasteiger partial charge in [-0.2, -0.15) is 0 Å². The Morgan fingerprint density at radius 3 is 2.30 bits per heavy atom. The Morgan fingerprint density at radius 1 is 0.913 bits per heavy atom. The Balaban J connectivity index is 1.98. The summed E-state index contributed by atoms with van der Waals surface area (Å²) < 4.78 is 39.9. The molecule has 0 bridgehead atoms. The maximum atomic E-state index is 13.7. The summed E-state index contributed by atoms with van der Waals surface area (Å²) in [6, 6.07) is 10.1. The van der Waals surface area contributed by atoms with Crippen molar-refractivity contribution < 1.29 is 22.8 Å². The number of benzene rings is 2. The highest BCUT2D eigenvalue weighted by molar-refractivity contribution is 6.29. The summed E-state index contributed by atoms with van der Waals surface area (Å²) in [4.78, 5) is 25.3. The van der Waals surface area contributed by atoms with Gasteiger partial charge in [0, 0.05) is 11.1 Å². The normalized spacial score (nSPS) is 16.5. The van der Waals surface area contributed by atoms with Crippen molar-refractivity contribution in [1.29, 1.82) is 0 Å². The molecule has 0 radical (unpaired) electrons. The molecule has 0 N–H and O–H groups in total. The number of anilines is 1. The maximum Gasteiger partial charge on any atom is 0.261 e. The number of nitrogens with zero attached hydrogens (tertiary/aromatic N) is 1. The van der Waals surface area contributed by atoms with Gasteiger partial charge in [-0.25, -0.2) is 18.1 Å². The Morgan fingerprint density at radius 2 is 1.61 bits per heavy atom. The van der Waals surface area contributed by atoms with Gasteiger partial charge in [0.25, 0.3) is 5.91 Å². The summed E-state index contributed by atoms with van der Waals surface area (Å²) in [6.45, 7) is 0. The number of halogens is 3. The van der Waals surface area contributed by atoms with Crippen LogP contribution in [0.2, 0.25) is 0 Å². The molecule has 2 aromatic rings. The summed E-state index contributed by atoms with van der Waals surface area (Å²) >= 11 is 0. The Hall–Kier alpha value is -2.89. The fourth-order valence-corrected chi connectivity index (χ4v) is 2.37. The number of carbonyl (C=O) groups is 2. The van der Waals surface area contributed by atoms with Crippen LogP contribution in [0.1, 0.15) is 12.0 Å². The highest BCUT2D eigenvalue weighted by atomic mass is 19.2. The zero-order valence-corrected chi connectivity index (χ0v) is 11.7. The smallest absolute Gasteiger partial charge is 0.261 e. The minimum atomic E-state index is -1.61. The van der Waals surface area contributed by atoms with E-state index in [0.717, 1.165) is 23.1 Å². The third-order valence-electron chi connectivity index (χ3n) is 3.48.